The van der Waals surface area contributed by atoms with Gasteiger partial charge in [0.05, 0.1) is 18.2 Å². The number of esters is 1. The van der Waals surface area contributed by atoms with Gasteiger partial charge in [0.15, 0.2) is 5.43 Å². The highest BCUT2D eigenvalue weighted by atomic mass is 79.9. The van der Waals surface area contributed by atoms with Gasteiger partial charge in [0, 0.05) is 28.2 Å². The number of benzene rings is 3. The summed E-state index contributed by atoms with van der Waals surface area (Å²) in [5.41, 5.74) is 5.32. The maximum absolute atomic E-state index is 13.0. The Morgan fingerprint density at radius 2 is 1.76 bits per heavy atom. The van der Waals surface area contributed by atoms with E-state index in [0.29, 0.717) is 12.1 Å². The van der Waals surface area contributed by atoms with Crippen LogP contribution in [0.2, 0.25) is 0 Å². The van der Waals surface area contributed by atoms with Crippen molar-refractivity contribution in [2.75, 3.05) is 7.11 Å². The topological polar surface area (TPSA) is 48.3 Å². The number of hydrogen-bond donors (Lipinski definition) is 0. The third kappa shape index (κ3) is 4.79. The second-order valence-corrected chi connectivity index (χ2v) is 8.94. The minimum absolute atomic E-state index is 0.116. The lowest BCUT2D eigenvalue weighted by Gasteiger charge is -2.15. The van der Waals surface area contributed by atoms with Gasteiger partial charge < -0.3 is 9.30 Å². The van der Waals surface area contributed by atoms with Crippen molar-refractivity contribution in [3.8, 4) is 11.1 Å². The van der Waals surface area contributed by atoms with Crippen molar-refractivity contribution < 1.29 is 9.53 Å². The van der Waals surface area contributed by atoms with Gasteiger partial charge in [-0.3, -0.25) is 4.79 Å². The Labute approximate surface area is 202 Å². The summed E-state index contributed by atoms with van der Waals surface area (Å²) in [4.78, 5) is 25.2. The van der Waals surface area contributed by atoms with Crippen LogP contribution in [-0.4, -0.2) is 17.6 Å². The largest absolute Gasteiger partial charge is 0.465 e. The lowest BCUT2D eigenvalue weighted by Crippen LogP contribution is -2.16. The molecule has 0 saturated carbocycles. The van der Waals surface area contributed by atoms with Crippen LogP contribution in [-0.2, 0) is 17.7 Å². The van der Waals surface area contributed by atoms with E-state index in [-0.39, 0.29) is 11.4 Å². The van der Waals surface area contributed by atoms with Crippen LogP contribution in [0.15, 0.2) is 82.2 Å². The van der Waals surface area contributed by atoms with Crippen molar-refractivity contribution >= 4 is 32.8 Å². The summed E-state index contributed by atoms with van der Waals surface area (Å²) >= 11 is 3.64. The van der Waals surface area contributed by atoms with Gasteiger partial charge in [0.25, 0.3) is 0 Å². The molecule has 0 bridgehead atoms. The van der Waals surface area contributed by atoms with E-state index in [1.165, 1.54) is 7.11 Å². The molecule has 0 saturated heterocycles. The van der Waals surface area contributed by atoms with E-state index < -0.39 is 0 Å². The van der Waals surface area contributed by atoms with Gasteiger partial charge in [0.1, 0.15) is 0 Å². The zero-order valence-corrected chi connectivity index (χ0v) is 20.4. The van der Waals surface area contributed by atoms with Crippen molar-refractivity contribution in [1.82, 2.24) is 4.57 Å². The first-order chi connectivity index (χ1) is 16.0. The van der Waals surface area contributed by atoms with Gasteiger partial charge in [-0.2, -0.15) is 0 Å². The highest BCUT2D eigenvalue weighted by molar-refractivity contribution is 9.10. The Morgan fingerprint density at radius 3 is 2.48 bits per heavy atom. The van der Waals surface area contributed by atoms with Crippen LogP contribution in [0.5, 0.6) is 0 Å². The van der Waals surface area contributed by atoms with E-state index in [1.807, 2.05) is 54.7 Å². The number of aryl methyl sites for hydroxylation is 1. The Bertz CT molecular complexity index is 1360. The van der Waals surface area contributed by atoms with E-state index in [9.17, 15) is 9.59 Å². The van der Waals surface area contributed by atoms with Gasteiger partial charge in [0.2, 0.25) is 0 Å². The highest BCUT2D eigenvalue weighted by Crippen LogP contribution is 2.27. The van der Waals surface area contributed by atoms with E-state index in [0.717, 1.165) is 56.9 Å². The molecule has 0 radical (unpaired) electrons. The SMILES string of the molecule is CCCCc1cn(Cc2ccc(-c3ccccc3C(=O)OC)cc2)c2c(Br)cccc2c1=O. The predicted molar refractivity (Wildman–Crippen MR) is 137 cm³/mol. The minimum Gasteiger partial charge on any atom is -0.465 e. The molecule has 0 atom stereocenters. The van der Waals surface area contributed by atoms with Gasteiger partial charge in [-0.1, -0.05) is 61.9 Å². The Morgan fingerprint density at radius 1 is 1.00 bits per heavy atom. The molecule has 168 valence electrons. The van der Waals surface area contributed by atoms with Crippen LogP contribution in [0.3, 0.4) is 0 Å². The van der Waals surface area contributed by atoms with Crippen molar-refractivity contribution in [3.05, 3.63) is 104 Å². The van der Waals surface area contributed by atoms with Gasteiger partial charge in [-0.25, -0.2) is 4.79 Å². The summed E-state index contributed by atoms with van der Waals surface area (Å²) in [6.45, 7) is 2.77. The first kappa shape index (κ1) is 23.0. The second kappa shape index (κ2) is 10.2. The Balaban J connectivity index is 1.72. The molecule has 0 amide bonds. The molecule has 33 heavy (non-hydrogen) atoms. The number of unbranched alkanes of at least 4 members (excludes halogenated alkanes) is 1. The number of carbonyl (C=O) groups is 1. The molecule has 0 aliphatic rings. The standard InChI is InChI=1S/C28H26BrNO3/c1-3-4-8-21-18-30(26-24(27(21)31)11-7-12-25(26)29)17-19-13-15-20(16-14-19)22-9-5-6-10-23(22)28(32)33-2/h5-7,9-16,18H,3-4,8,17H2,1-2H3. The molecular weight excluding hydrogens is 478 g/mol. The van der Waals surface area contributed by atoms with Crippen LogP contribution in [0, 0.1) is 0 Å². The van der Waals surface area contributed by atoms with E-state index in [1.54, 1.807) is 6.07 Å². The van der Waals surface area contributed by atoms with Gasteiger partial charge in [-0.05, 0) is 63.7 Å². The fourth-order valence-corrected chi connectivity index (χ4v) is 4.75. The quantitative estimate of drug-likeness (QED) is 0.266. The number of hydrogen-bond acceptors (Lipinski definition) is 3. The number of carbonyl (C=O) groups excluding carboxylic acids is 1. The molecule has 1 aromatic heterocycles. The Hall–Kier alpha value is -3.18. The number of pyridine rings is 1. The van der Waals surface area contributed by atoms with Gasteiger partial charge in [-0.15, -0.1) is 0 Å². The summed E-state index contributed by atoms with van der Waals surface area (Å²) < 4.78 is 7.99. The zero-order chi connectivity index (χ0) is 23.4. The molecule has 0 unspecified atom stereocenters. The molecule has 0 N–H and O–H groups in total. The molecule has 0 aliphatic carbocycles. The molecule has 4 nitrogen and oxygen atoms in total. The first-order valence-corrected chi connectivity index (χ1v) is 11.9. The molecule has 1 heterocycles. The summed E-state index contributed by atoms with van der Waals surface area (Å²) in [6, 6.07) is 21.4. The number of halogens is 1. The molecule has 0 spiro atoms. The monoisotopic (exact) mass is 503 g/mol. The van der Waals surface area contributed by atoms with Crippen molar-refractivity contribution in [3.63, 3.8) is 0 Å². The highest BCUT2D eigenvalue weighted by Gasteiger charge is 2.14. The van der Waals surface area contributed by atoms with Crippen LogP contribution in [0.25, 0.3) is 22.0 Å². The number of para-hydroxylation sites is 1. The molecule has 3 aromatic carbocycles. The number of methoxy groups -OCH3 is 1. The van der Waals surface area contributed by atoms with Crippen LogP contribution >= 0.6 is 15.9 Å². The Kier molecular flexibility index (Phi) is 7.09. The third-order valence-electron chi connectivity index (χ3n) is 5.87. The van der Waals surface area contributed by atoms with E-state index >= 15 is 0 Å². The van der Waals surface area contributed by atoms with Crippen LogP contribution in [0.4, 0.5) is 0 Å². The van der Waals surface area contributed by atoms with Gasteiger partial charge >= 0.3 is 5.97 Å². The second-order valence-electron chi connectivity index (χ2n) is 8.09. The van der Waals surface area contributed by atoms with Crippen molar-refractivity contribution in [2.24, 2.45) is 0 Å². The summed E-state index contributed by atoms with van der Waals surface area (Å²) in [7, 11) is 1.39. The number of aromatic nitrogens is 1. The maximum Gasteiger partial charge on any atom is 0.338 e. The number of fused-ring (bicyclic) bond motifs is 1. The molecule has 5 heteroatoms. The van der Waals surface area contributed by atoms with Crippen LogP contribution < -0.4 is 5.43 Å². The molecule has 0 aliphatic heterocycles. The smallest absolute Gasteiger partial charge is 0.338 e. The number of rotatable bonds is 7. The first-order valence-electron chi connectivity index (χ1n) is 11.1. The van der Waals surface area contributed by atoms with E-state index in [4.69, 9.17) is 4.74 Å². The fraction of sp³-hybridized carbons (Fsp3) is 0.214. The average molecular weight is 504 g/mol. The fourth-order valence-electron chi connectivity index (χ4n) is 4.15. The number of ether oxygens (including phenoxy) is 1. The average Bonchev–Trinajstić information content (AvgIpc) is 2.85. The van der Waals surface area contributed by atoms with Crippen LogP contribution in [0.1, 0.15) is 41.3 Å². The molecular formula is C28H26BrNO3. The minimum atomic E-state index is -0.348. The lowest BCUT2D eigenvalue weighted by atomic mass is 9.98. The van der Waals surface area contributed by atoms with Crippen molar-refractivity contribution in [1.29, 1.82) is 0 Å². The lowest BCUT2D eigenvalue weighted by molar-refractivity contribution is 0.0601. The number of nitrogens with zero attached hydrogens (tertiary/aromatic N) is 1. The summed E-state index contributed by atoms with van der Waals surface area (Å²) in [5.74, 6) is -0.348. The normalized spacial score (nSPS) is 11.0. The third-order valence-corrected chi connectivity index (χ3v) is 6.51. The van der Waals surface area contributed by atoms with E-state index in [2.05, 4.69) is 39.6 Å². The van der Waals surface area contributed by atoms with Crippen molar-refractivity contribution in [2.45, 2.75) is 32.7 Å². The molecule has 4 aromatic rings. The predicted octanol–water partition coefficient (Wildman–Crippen LogP) is 6.61. The molecule has 0 fully saturated rings. The summed E-state index contributed by atoms with van der Waals surface area (Å²) in [5, 5.41) is 0.738. The maximum atomic E-state index is 13.0. The zero-order valence-electron chi connectivity index (χ0n) is 18.8. The molecule has 4 rings (SSSR count). The summed E-state index contributed by atoms with van der Waals surface area (Å²) in [6.07, 6.45) is 4.82.